The first-order chi connectivity index (χ1) is 12.2. The van der Waals surface area contributed by atoms with E-state index in [-0.39, 0.29) is 11.8 Å². The van der Waals surface area contributed by atoms with Crippen molar-refractivity contribution in [2.45, 2.75) is 52.2 Å². The van der Waals surface area contributed by atoms with Crippen LogP contribution in [0.5, 0.6) is 0 Å². The number of carbonyl (C=O) groups is 1. The maximum atomic E-state index is 13.3. The van der Waals surface area contributed by atoms with E-state index in [1.54, 1.807) is 11.0 Å². The number of benzene rings is 1. The smallest absolute Gasteiger partial charge is 0.318 e. The first-order valence-electron chi connectivity index (χ1n) is 8.85. The molecule has 0 saturated heterocycles. The first kappa shape index (κ1) is 17.4. The van der Waals surface area contributed by atoms with E-state index in [0.717, 1.165) is 43.0 Å². The maximum Gasteiger partial charge on any atom is 0.318 e. The molecule has 25 heavy (non-hydrogen) atoms. The molecule has 0 bridgehead atoms. The number of hydrogen-bond donors (Lipinski definition) is 1. The average molecular weight is 345 g/mol. The first-order valence-corrected chi connectivity index (χ1v) is 8.85. The zero-order chi connectivity index (χ0) is 17.6. The highest BCUT2D eigenvalue weighted by Crippen LogP contribution is 2.14. The number of nitrogens with zero attached hydrogens (tertiary/aromatic N) is 4. The van der Waals surface area contributed by atoms with Gasteiger partial charge in [0.05, 0.1) is 6.54 Å². The lowest BCUT2D eigenvalue weighted by Crippen LogP contribution is -2.39. The SMILES string of the molecule is CCN(Cc1cccc(F)c1)C(=O)NCc1nnc2n1CCCCC2. The highest BCUT2D eigenvalue weighted by atomic mass is 19.1. The Kier molecular flexibility index (Phi) is 5.63. The summed E-state index contributed by atoms with van der Waals surface area (Å²) in [4.78, 5) is 14.1. The predicted molar refractivity (Wildman–Crippen MR) is 92.3 cm³/mol. The van der Waals surface area contributed by atoms with Crippen LogP contribution in [0.25, 0.3) is 0 Å². The number of carbonyl (C=O) groups excluding carboxylic acids is 1. The van der Waals surface area contributed by atoms with Gasteiger partial charge in [-0.15, -0.1) is 10.2 Å². The Balaban J connectivity index is 1.60. The molecule has 1 aromatic heterocycles. The fourth-order valence-corrected chi connectivity index (χ4v) is 3.13. The van der Waals surface area contributed by atoms with E-state index < -0.39 is 0 Å². The largest absolute Gasteiger partial charge is 0.331 e. The Labute approximate surface area is 147 Å². The number of urea groups is 1. The van der Waals surface area contributed by atoms with Crippen LogP contribution in [0.1, 0.15) is 43.4 Å². The Morgan fingerprint density at radius 2 is 2.20 bits per heavy atom. The summed E-state index contributed by atoms with van der Waals surface area (Å²) in [5.74, 6) is 1.51. The fourth-order valence-electron chi connectivity index (χ4n) is 3.13. The molecular formula is C18H24FN5O. The topological polar surface area (TPSA) is 63.1 Å². The molecule has 0 radical (unpaired) electrons. The molecule has 2 aromatic rings. The second-order valence-electron chi connectivity index (χ2n) is 6.30. The van der Waals surface area contributed by atoms with Crippen molar-refractivity contribution in [2.75, 3.05) is 6.54 Å². The summed E-state index contributed by atoms with van der Waals surface area (Å²) >= 11 is 0. The van der Waals surface area contributed by atoms with Crippen molar-refractivity contribution in [1.29, 1.82) is 0 Å². The molecule has 1 aromatic carbocycles. The molecule has 1 aliphatic heterocycles. The van der Waals surface area contributed by atoms with Crippen molar-refractivity contribution < 1.29 is 9.18 Å². The molecule has 0 spiro atoms. The van der Waals surface area contributed by atoms with E-state index in [1.807, 2.05) is 13.0 Å². The molecule has 0 unspecified atom stereocenters. The predicted octanol–water partition coefficient (Wildman–Crippen LogP) is 2.88. The number of nitrogens with one attached hydrogen (secondary N) is 1. The Morgan fingerprint density at radius 3 is 3.00 bits per heavy atom. The van der Waals surface area contributed by atoms with E-state index in [9.17, 15) is 9.18 Å². The summed E-state index contributed by atoms with van der Waals surface area (Å²) in [6, 6.07) is 6.14. The normalized spacial score (nSPS) is 13.8. The number of amides is 2. The van der Waals surface area contributed by atoms with Gasteiger partial charge in [0, 0.05) is 26.1 Å². The zero-order valence-corrected chi connectivity index (χ0v) is 14.5. The number of aromatic nitrogens is 3. The van der Waals surface area contributed by atoms with Crippen LogP contribution < -0.4 is 5.32 Å². The molecule has 0 fully saturated rings. The van der Waals surface area contributed by atoms with Gasteiger partial charge in [-0.2, -0.15) is 0 Å². The van der Waals surface area contributed by atoms with Crippen LogP contribution in [0.15, 0.2) is 24.3 Å². The molecule has 1 N–H and O–H groups in total. The number of rotatable bonds is 5. The van der Waals surface area contributed by atoms with Gasteiger partial charge in [0.2, 0.25) is 0 Å². The van der Waals surface area contributed by atoms with Gasteiger partial charge in [-0.25, -0.2) is 9.18 Å². The van der Waals surface area contributed by atoms with Gasteiger partial charge >= 0.3 is 6.03 Å². The van der Waals surface area contributed by atoms with Crippen molar-refractivity contribution in [3.63, 3.8) is 0 Å². The summed E-state index contributed by atoms with van der Waals surface area (Å²) < 4.78 is 15.4. The molecule has 134 valence electrons. The average Bonchev–Trinajstić information content (AvgIpc) is 2.84. The van der Waals surface area contributed by atoms with Crippen molar-refractivity contribution in [3.05, 3.63) is 47.3 Å². The van der Waals surface area contributed by atoms with Gasteiger partial charge in [0.25, 0.3) is 0 Å². The third-order valence-electron chi connectivity index (χ3n) is 4.52. The van der Waals surface area contributed by atoms with Crippen LogP contribution in [-0.2, 0) is 26.1 Å². The summed E-state index contributed by atoms with van der Waals surface area (Å²) in [6.45, 7) is 4.08. The minimum atomic E-state index is -0.292. The standard InChI is InChI=1S/C18H24FN5O/c1-2-23(13-14-7-6-8-15(19)11-14)18(25)20-12-17-22-21-16-9-4-3-5-10-24(16)17/h6-8,11H,2-5,9-10,12-13H2,1H3,(H,20,25). The molecule has 7 heteroatoms. The Morgan fingerprint density at radius 1 is 1.32 bits per heavy atom. The summed E-state index contributed by atoms with van der Waals surface area (Å²) in [6.07, 6.45) is 4.41. The maximum absolute atomic E-state index is 13.3. The van der Waals surface area contributed by atoms with Gasteiger partial charge in [-0.1, -0.05) is 18.6 Å². The Hall–Kier alpha value is -2.44. The third kappa shape index (κ3) is 4.35. The van der Waals surface area contributed by atoms with Crippen molar-refractivity contribution in [1.82, 2.24) is 25.0 Å². The van der Waals surface area contributed by atoms with Gasteiger partial charge in [-0.05, 0) is 37.5 Å². The van der Waals surface area contributed by atoms with E-state index in [4.69, 9.17) is 0 Å². The molecular weight excluding hydrogens is 321 g/mol. The lowest BCUT2D eigenvalue weighted by Gasteiger charge is -2.21. The number of halogens is 1. The van der Waals surface area contributed by atoms with E-state index >= 15 is 0 Å². The van der Waals surface area contributed by atoms with Crippen molar-refractivity contribution in [2.24, 2.45) is 0 Å². The highest BCUT2D eigenvalue weighted by molar-refractivity contribution is 5.74. The van der Waals surface area contributed by atoms with Gasteiger partial charge < -0.3 is 14.8 Å². The summed E-state index contributed by atoms with van der Waals surface area (Å²) in [5, 5.41) is 11.4. The quantitative estimate of drug-likeness (QED) is 0.906. The number of fused-ring (bicyclic) bond motifs is 1. The van der Waals surface area contributed by atoms with E-state index in [2.05, 4.69) is 20.1 Å². The second-order valence-corrected chi connectivity index (χ2v) is 6.30. The molecule has 2 amide bonds. The molecule has 6 nitrogen and oxygen atoms in total. The van der Waals surface area contributed by atoms with Crippen LogP contribution in [-0.4, -0.2) is 32.2 Å². The van der Waals surface area contributed by atoms with E-state index in [1.165, 1.54) is 18.6 Å². The number of aryl methyl sites for hydroxylation is 1. The fraction of sp³-hybridized carbons (Fsp3) is 0.500. The molecule has 3 rings (SSSR count). The monoisotopic (exact) mass is 345 g/mol. The lowest BCUT2D eigenvalue weighted by molar-refractivity contribution is 0.197. The van der Waals surface area contributed by atoms with Crippen LogP contribution in [0, 0.1) is 5.82 Å². The number of hydrogen-bond acceptors (Lipinski definition) is 3. The van der Waals surface area contributed by atoms with Crippen molar-refractivity contribution >= 4 is 6.03 Å². The molecule has 0 atom stereocenters. The van der Waals surface area contributed by atoms with Crippen molar-refractivity contribution in [3.8, 4) is 0 Å². The van der Waals surface area contributed by atoms with Crippen LogP contribution in [0.2, 0.25) is 0 Å². The summed E-state index contributed by atoms with van der Waals surface area (Å²) in [5.41, 5.74) is 0.772. The second kappa shape index (κ2) is 8.09. The minimum absolute atomic E-state index is 0.183. The molecule has 2 heterocycles. The van der Waals surface area contributed by atoms with Gasteiger partial charge in [0.15, 0.2) is 5.82 Å². The lowest BCUT2D eigenvalue weighted by atomic mass is 10.2. The van der Waals surface area contributed by atoms with Crippen LogP contribution in [0.4, 0.5) is 9.18 Å². The summed E-state index contributed by atoms with van der Waals surface area (Å²) in [7, 11) is 0. The van der Waals surface area contributed by atoms with Crippen LogP contribution >= 0.6 is 0 Å². The molecule has 1 aliphatic rings. The highest BCUT2D eigenvalue weighted by Gasteiger charge is 2.17. The Bertz CT molecular complexity index is 730. The van der Waals surface area contributed by atoms with Gasteiger partial charge in [0.1, 0.15) is 11.6 Å². The molecule has 0 saturated carbocycles. The third-order valence-corrected chi connectivity index (χ3v) is 4.52. The van der Waals surface area contributed by atoms with Crippen LogP contribution in [0.3, 0.4) is 0 Å². The van der Waals surface area contributed by atoms with Gasteiger partial charge in [-0.3, -0.25) is 0 Å². The molecule has 0 aliphatic carbocycles. The zero-order valence-electron chi connectivity index (χ0n) is 14.5. The van der Waals surface area contributed by atoms with E-state index in [0.29, 0.717) is 19.6 Å². The minimum Gasteiger partial charge on any atom is -0.331 e.